The largest absolute Gasteiger partial charge is 0.496 e. The maximum atomic E-state index is 5.69. The Labute approximate surface area is 161 Å². The molecule has 0 fully saturated rings. The van der Waals surface area contributed by atoms with Crippen molar-refractivity contribution in [2.45, 2.75) is 25.7 Å². The molecule has 0 bridgehead atoms. The molecule has 1 aliphatic heterocycles. The standard InChI is InChI=1S/C24H26N2O/c1-27-23-13-6-12-22(24-25-16-7-17-26-24)21(23)15-14-19-10-3-2-8-18-9-4-5-11-20(18)19/h2-6,9-13H,7-8,14-17H2,1H3,(H,25,26). The molecule has 27 heavy (non-hydrogen) atoms. The summed E-state index contributed by atoms with van der Waals surface area (Å²) in [7, 11) is 1.75. The number of aliphatic imine (C=N–C) groups is 1. The Hall–Kier alpha value is -2.81. The number of nitrogens with one attached hydrogen (secondary N) is 1. The molecular weight excluding hydrogens is 332 g/mol. The van der Waals surface area contributed by atoms with Crippen LogP contribution in [-0.2, 0) is 12.8 Å². The lowest BCUT2D eigenvalue weighted by atomic mass is 9.92. The summed E-state index contributed by atoms with van der Waals surface area (Å²) in [5, 5.41) is 3.46. The molecule has 2 aromatic carbocycles. The zero-order chi connectivity index (χ0) is 18.5. The van der Waals surface area contributed by atoms with Crippen molar-refractivity contribution in [3.63, 3.8) is 0 Å². The van der Waals surface area contributed by atoms with E-state index in [9.17, 15) is 0 Å². The molecule has 0 saturated heterocycles. The van der Waals surface area contributed by atoms with Gasteiger partial charge in [-0.1, -0.05) is 54.6 Å². The first-order chi connectivity index (χ1) is 13.4. The predicted molar refractivity (Wildman–Crippen MR) is 113 cm³/mol. The number of hydrogen-bond donors (Lipinski definition) is 1. The maximum Gasteiger partial charge on any atom is 0.128 e. The topological polar surface area (TPSA) is 33.6 Å². The molecule has 3 nitrogen and oxygen atoms in total. The first kappa shape index (κ1) is 17.6. The third kappa shape index (κ3) is 3.82. The molecule has 0 atom stereocenters. The first-order valence-corrected chi connectivity index (χ1v) is 9.75. The van der Waals surface area contributed by atoms with Crippen LogP contribution < -0.4 is 10.1 Å². The zero-order valence-corrected chi connectivity index (χ0v) is 15.9. The fourth-order valence-electron chi connectivity index (χ4n) is 3.91. The number of rotatable bonds is 5. The molecule has 0 amide bonds. The van der Waals surface area contributed by atoms with Gasteiger partial charge in [0.15, 0.2) is 0 Å². The third-order valence-electron chi connectivity index (χ3n) is 5.28. The van der Waals surface area contributed by atoms with Gasteiger partial charge in [-0.3, -0.25) is 4.99 Å². The Balaban J connectivity index is 1.64. The van der Waals surface area contributed by atoms with E-state index in [1.54, 1.807) is 7.11 Å². The van der Waals surface area contributed by atoms with Gasteiger partial charge in [-0.25, -0.2) is 0 Å². The fourth-order valence-corrected chi connectivity index (χ4v) is 3.91. The van der Waals surface area contributed by atoms with Crippen molar-refractivity contribution in [3.8, 4) is 5.75 Å². The monoisotopic (exact) mass is 358 g/mol. The summed E-state index contributed by atoms with van der Waals surface area (Å²) in [6, 6.07) is 15.0. The number of amidine groups is 1. The van der Waals surface area contributed by atoms with Gasteiger partial charge in [0.05, 0.1) is 7.11 Å². The summed E-state index contributed by atoms with van der Waals surface area (Å²) in [6.45, 7) is 1.88. The lowest BCUT2D eigenvalue weighted by Gasteiger charge is -2.20. The SMILES string of the molecule is COc1cccc(C2=NCCCN2)c1CCC1=CC=CCc2ccccc21. The summed E-state index contributed by atoms with van der Waals surface area (Å²) >= 11 is 0. The van der Waals surface area contributed by atoms with E-state index < -0.39 is 0 Å². The van der Waals surface area contributed by atoms with E-state index in [4.69, 9.17) is 9.73 Å². The Morgan fingerprint density at radius 2 is 1.93 bits per heavy atom. The molecule has 0 saturated carbocycles. The summed E-state index contributed by atoms with van der Waals surface area (Å²) in [5.41, 5.74) is 6.56. The van der Waals surface area contributed by atoms with Gasteiger partial charge in [0.1, 0.15) is 11.6 Å². The Bertz CT molecular complexity index is 908. The number of nitrogens with zero attached hydrogens (tertiary/aromatic N) is 1. The summed E-state index contributed by atoms with van der Waals surface area (Å²) < 4.78 is 5.69. The lowest BCUT2D eigenvalue weighted by molar-refractivity contribution is 0.409. The molecule has 2 aliphatic rings. The molecule has 138 valence electrons. The molecule has 1 heterocycles. The molecule has 0 spiro atoms. The van der Waals surface area contributed by atoms with Gasteiger partial charge in [-0.15, -0.1) is 0 Å². The van der Waals surface area contributed by atoms with Crippen molar-refractivity contribution >= 4 is 11.4 Å². The van der Waals surface area contributed by atoms with Crippen molar-refractivity contribution in [1.82, 2.24) is 5.32 Å². The Morgan fingerprint density at radius 3 is 2.78 bits per heavy atom. The van der Waals surface area contributed by atoms with Crippen molar-refractivity contribution in [2.24, 2.45) is 4.99 Å². The van der Waals surface area contributed by atoms with Crippen LogP contribution in [0.3, 0.4) is 0 Å². The lowest BCUT2D eigenvalue weighted by Crippen LogP contribution is -2.31. The summed E-state index contributed by atoms with van der Waals surface area (Å²) in [4.78, 5) is 4.71. The molecule has 2 aromatic rings. The van der Waals surface area contributed by atoms with E-state index in [2.05, 4.69) is 66.0 Å². The van der Waals surface area contributed by atoms with E-state index in [0.29, 0.717) is 0 Å². The van der Waals surface area contributed by atoms with Gasteiger partial charge >= 0.3 is 0 Å². The molecular formula is C24H26N2O. The van der Waals surface area contributed by atoms with Crippen LogP contribution in [0.5, 0.6) is 5.75 Å². The number of benzene rings is 2. The second kappa shape index (κ2) is 8.26. The average molecular weight is 358 g/mol. The molecule has 1 aliphatic carbocycles. The number of hydrogen-bond acceptors (Lipinski definition) is 3. The van der Waals surface area contributed by atoms with Crippen LogP contribution in [0.25, 0.3) is 5.57 Å². The van der Waals surface area contributed by atoms with Gasteiger partial charge in [-0.2, -0.15) is 0 Å². The van der Waals surface area contributed by atoms with Crippen molar-refractivity contribution in [2.75, 3.05) is 20.2 Å². The van der Waals surface area contributed by atoms with Gasteiger partial charge in [0.25, 0.3) is 0 Å². The Kier molecular flexibility index (Phi) is 5.38. The molecule has 0 aromatic heterocycles. The highest BCUT2D eigenvalue weighted by atomic mass is 16.5. The van der Waals surface area contributed by atoms with E-state index >= 15 is 0 Å². The molecule has 3 heteroatoms. The van der Waals surface area contributed by atoms with Gasteiger partial charge in [0.2, 0.25) is 0 Å². The van der Waals surface area contributed by atoms with Crippen molar-refractivity contribution in [1.29, 1.82) is 0 Å². The quantitative estimate of drug-likeness (QED) is 0.850. The highest BCUT2D eigenvalue weighted by Crippen LogP contribution is 2.30. The van der Waals surface area contributed by atoms with E-state index in [1.165, 1.54) is 27.8 Å². The minimum Gasteiger partial charge on any atom is -0.496 e. The van der Waals surface area contributed by atoms with Crippen molar-refractivity contribution < 1.29 is 4.74 Å². The normalized spacial score (nSPS) is 15.9. The second-order valence-corrected chi connectivity index (χ2v) is 6.98. The average Bonchev–Trinajstić information content (AvgIpc) is 2.95. The zero-order valence-electron chi connectivity index (χ0n) is 15.9. The van der Waals surface area contributed by atoms with Crippen LogP contribution >= 0.6 is 0 Å². The van der Waals surface area contributed by atoms with Crippen LogP contribution in [0.4, 0.5) is 0 Å². The van der Waals surface area contributed by atoms with Crippen LogP contribution in [0, 0.1) is 0 Å². The highest BCUT2D eigenvalue weighted by molar-refractivity contribution is 6.01. The van der Waals surface area contributed by atoms with Crippen molar-refractivity contribution in [3.05, 3.63) is 82.9 Å². The third-order valence-corrected chi connectivity index (χ3v) is 5.28. The highest BCUT2D eigenvalue weighted by Gasteiger charge is 2.17. The van der Waals surface area contributed by atoms with Gasteiger partial charge < -0.3 is 10.1 Å². The van der Waals surface area contributed by atoms with Crippen LogP contribution in [0.1, 0.15) is 35.1 Å². The van der Waals surface area contributed by atoms with E-state index in [-0.39, 0.29) is 0 Å². The van der Waals surface area contributed by atoms with E-state index in [0.717, 1.165) is 50.4 Å². The molecule has 4 rings (SSSR count). The number of methoxy groups -OCH3 is 1. The van der Waals surface area contributed by atoms with Gasteiger partial charge in [-0.05, 0) is 48.4 Å². The van der Waals surface area contributed by atoms with Crippen LogP contribution in [0.15, 0.2) is 65.7 Å². The maximum absolute atomic E-state index is 5.69. The smallest absolute Gasteiger partial charge is 0.128 e. The Morgan fingerprint density at radius 1 is 1.04 bits per heavy atom. The molecule has 0 radical (unpaired) electrons. The number of fused-ring (bicyclic) bond motifs is 1. The second-order valence-electron chi connectivity index (χ2n) is 6.98. The van der Waals surface area contributed by atoms with Gasteiger partial charge in [0, 0.05) is 24.2 Å². The minimum absolute atomic E-state index is 0.891. The summed E-state index contributed by atoms with van der Waals surface area (Å²) in [6.07, 6.45) is 10.7. The molecule has 0 unspecified atom stereocenters. The predicted octanol–water partition coefficient (Wildman–Crippen LogP) is 4.56. The molecule has 1 N–H and O–H groups in total. The van der Waals surface area contributed by atoms with Crippen LogP contribution in [-0.4, -0.2) is 26.0 Å². The number of ether oxygens (including phenoxy) is 1. The first-order valence-electron chi connectivity index (χ1n) is 9.75. The summed E-state index contributed by atoms with van der Waals surface area (Å²) in [5.74, 6) is 1.95. The minimum atomic E-state index is 0.891. The number of allylic oxidation sites excluding steroid dienone is 4. The fraction of sp³-hybridized carbons (Fsp3) is 0.292. The van der Waals surface area contributed by atoms with Crippen LogP contribution in [0.2, 0.25) is 0 Å². The van der Waals surface area contributed by atoms with E-state index in [1.807, 2.05) is 0 Å².